The van der Waals surface area contributed by atoms with E-state index in [1.54, 1.807) is 6.20 Å². The number of hydrogen-bond acceptors (Lipinski definition) is 4. The predicted molar refractivity (Wildman–Crippen MR) is 67.7 cm³/mol. The Bertz CT molecular complexity index is 297. The van der Waals surface area contributed by atoms with Crippen molar-refractivity contribution in [1.29, 1.82) is 0 Å². The monoisotopic (exact) mass is 222 g/mol. The van der Waals surface area contributed by atoms with Gasteiger partial charge in [0.25, 0.3) is 0 Å². The summed E-state index contributed by atoms with van der Waals surface area (Å²) in [7, 11) is 0. The number of rotatable bonds is 7. The van der Waals surface area contributed by atoms with E-state index in [0.29, 0.717) is 0 Å². The van der Waals surface area contributed by atoms with Crippen molar-refractivity contribution in [1.82, 2.24) is 15.1 Å². The first kappa shape index (κ1) is 12.9. The molecule has 0 radical (unpaired) electrons. The molecule has 0 aliphatic carbocycles. The maximum absolute atomic E-state index is 4.02. The lowest BCUT2D eigenvalue weighted by atomic mass is 10.3. The van der Waals surface area contributed by atoms with Crippen LogP contribution in [0.1, 0.15) is 25.8 Å². The summed E-state index contributed by atoms with van der Waals surface area (Å²) in [5.41, 5.74) is 1.14. The Morgan fingerprint density at radius 1 is 1.31 bits per heavy atom. The number of aryl methyl sites for hydroxylation is 1. The molecule has 0 amide bonds. The lowest BCUT2D eigenvalue weighted by Crippen LogP contribution is -2.25. The normalized spacial score (nSPS) is 10.8. The topological polar surface area (TPSA) is 41.0 Å². The first-order chi connectivity index (χ1) is 7.76. The van der Waals surface area contributed by atoms with Gasteiger partial charge in [0.1, 0.15) is 5.82 Å². The second kappa shape index (κ2) is 7.17. The highest BCUT2D eigenvalue weighted by molar-refractivity contribution is 5.34. The Hall–Kier alpha value is -1.16. The number of aromatic nitrogens is 2. The largest absolute Gasteiger partial charge is 0.369 e. The van der Waals surface area contributed by atoms with Crippen LogP contribution < -0.4 is 5.32 Å². The third-order valence-corrected chi connectivity index (χ3v) is 2.64. The summed E-state index contributed by atoms with van der Waals surface area (Å²) in [5.74, 6) is 0.875. The molecular formula is C12H22N4. The van der Waals surface area contributed by atoms with Crippen LogP contribution in [0.25, 0.3) is 0 Å². The Kier molecular flexibility index (Phi) is 5.78. The van der Waals surface area contributed by atoms with Crippen molar-refractivity contribution < 1.29 is 0 Å². The summed E-state index contributed by atoms with van der Waals surface area (Å²) in [6.45, 7) is 10.8. The maximum atomic E-state index is 4.02. The van der Waals surface area contributed by atoms with E-state index in [-0.39, 0.29) is 0 Å². The average molecular weight is 222 g/mol. The second-order valence-electron chi connectivity index (χ2n) is 3.93. The third-order valence-electron chi connectivity index (χ3n) is 2.64. The molecule has 0 unspecified atom stereocenters. The van der Waals surface area contributed by atoms with Crippen LogP contribution in [-0.4, -0.2) is 41.3 Å². The zero-order valence-electron chi connectivity index (χ0n) is 10.5. The summed E-state index contributed by atoms with van der Waals surface area (Å²) in [6, 6.07) is 2.02. The van der Waals surface area contributed by atoms with Crippen LogP contribution in [0.15, 0.2) is 12.3 Å². The molecule has 0 spiro atoms. The van der Waals surface area contributed by atoms with Gasteiger partial charge in [0, 0.05) is 6.54 Å². The van der Waals surface area contributed by atoms with Crippen LogP contribution in [-0.2, 0) is 0 Å². The van der Waals surface area contributed by atoms with E-state index in [0.717, 1.165) is 44.0 Å². The van der Waals surface area contributed by atoms with E-state index >= 15 is 0 Å². The highest BCUT2D eigenvalue weighted by Gasteiger charge is 1.98. The van der Waals surface area contributed by atoms with Gasteiger partial charge in [0.2, 0.25) is 0 Å². The molecule has 0 saturated carbocycles. The van der Waals surface area contributed by atoms with Crippen molar-refractivity contribution in [3.05, 3.63) is 17.8 Å². The molecule has 1 aromatic heterocycles. The average Bonchev–Trinajstić information content (AvgIpc) is 2.29. The molecular weight excluding hydrogens is 200 g/mol. The minimum atomic E-state index is 0.875. The number of anilines is 1. The predicted octanol–water partition coefficient (Wildman–Crippen LogP) is 1.93. The first-order valence-corrected chi connectivity index (χ1v) is 6.01. The fraction of sp³-hybridized carbons (Fsp3) is 0.667. The van der Waals surface area contributed by atoms with Gasteiger partial charge in [-0.15, -0.1) is 5.10 Å². The maximum Gasteiger partial charge on any atom is 0.148 e. The zero-order valence-corrected chi connectivity index (χ0v) is 10.5. The van der Waals surface area contributed by atoms with E-state index in [2.05, 4.69) is 34.3 Å². The molecule has 1 N–H and O–H groups in total. The molecule has 1 aromatic rings. The van der Waals surface area contributed by atoms with Gasteiger partial charge in [0.05, 0.1) is 6.20 Å². The molecule has 4 heteroatoms. The molecule has 0 bridgehead atoms. The van der Waals surface area contributed by atoms with Gasteiger partial charge in [-0.05, 0) is 44.6 Å². The summed E-state index contributed by atoms with van der Waals surface area (Å²) >= 11 is 0. The van der Waals surface area contributed by atoms with E-state index in [1.807, 2.05) is 13.0 Å². The highest BCUT2D eigenvalue weighted by Crippen LogP contribution is 2.03. The van der Waals surface area contributed by atoms with Gasteiger partial charge in [0.15, 0.2) is 0 Å². The summed E-state index contributed by atoms with van der Waals surface area (Å²) in [5, 5.41) is 11.2. The van der Waals surface area contributed by atoms with Crippen molar-refractivity contribution in [2.45, 2.75) is 27.2 Å². The molecule has 0 aromatic carbocycles. The van der Waals surface area contributed by atoms with Gasteiger partial charge in [-0.1, -0.05) is 13.8 Å². The fourth-order valence-corrected chi connectivity index (χ4v) is 1.61. The minimum Gasteiger partial charge on any atom is -0.369 e. The molecule has 0 fully saturated rings. The molecule has 0 aliphatic rings. The van der Waals surface area contributed by atoms with Crippen molar-refractivity contribution >= 4 is 5.82 Å². The molecule has 16 heavy (non-hydrogen) atoms. The van der Waals surface area contributed by atoms with Crippen LogP contribution in [0.5, 0.6) is 0 Å². The van der Waals surface area contributed by atoms with Gasteiger partial charge in [-0.2, -0.15) is 5.10 Å². The molecule has 0 aliphatic heterocycles. The van der Waals surface area contributed by atoms with Crippen LogP contribution >= 0.6 is 0 Å². The molecule has 90 valence electrons. The highest BCUT2D eigenvalue weighted by atomic mass is 15.2. The van der Waals surface area contributed by atoms with Crippen LogP contribution in [0.4, 0.5) is 5.82 Å². The van der Waals surface area contributed by atoms with Crippen molar-refractivity contribution in [3.8, 4) is 0 Å². The van der Waals surface area contributed by atoms with E-state index in [4.69, 9.17) is 0 Å². The Morgan fingerprint density at radius 2 is 2.06 bits per heavy atom. The van der Waals surface area contributed by atoms with Gasteiger partial charge in [-0.25, -0.2) is 0 Å². The van der Waals surface area contributed by atoms with Gasteiger partial charge in [-0.3, -0.25) is 0 Å². The van der Waals surface area contributed by atoms with Crippen LogP contribution in [0.2, 0.25) is 0 Å². The zero-order chi connectivity index (χ0) is 11.8. The number of nitrogens with zero attached hydrogens (tertiary/aromatic N) is 3. The van der Waals surface area contributed by atoms with E-state index in [9.17, 15) is 0 Å². The molecule has 0 saturated heterocycles. The number of hydrogen-bond donors (Lipinski definition) is 1. The minimum absolute atomic E-state index is 0.875. The third kappa shape index (κ3) is 4.57. The molecule has 1 heterocycles. The number of nitrogens with one attached hydrogen (secondary N) is 1. The Balaban J connectivity index is 2.20. The molecule has 0 atom stereocenters. The van der Waals surface area contributed by atoms with Crippen molar-refractivity contribution in [2.75, 3.05) is 31.5 Å². The quantitative estimate of drug-likeness (QED) is 0.716. The van der Waals surface area contributed by atoms with Crippen LogP contribution in [0.3, 0.4) is 0 Å². The van der Waals surface area contributed by atoms with Crippen molar-refractivity contribution in [2.24, 2.45) is 0 Å². The first-order valence-electron chi connectivity index (χ1n) is 6.01. The summed E-state index contributed by atoms with van der Waals surface area (Å²) in [4.78, 5) is 2.42. The lowest BCUT2D eigenvalue weighted by molar-refractivity contribution is 0.303. The van der Waals surface area contributed by atoms with Gasteiger partial charge < -0.3 is 10.2 Å². The second-order valence-corrected chi connectivity index (χ2v) is 3.93. The Labute approximate surface area is 98.1 Å². The molecule has 4 nitrogen and oxygen atoms in total. The summed E-state index contributed by atoms with van der Waals surface area (Å²) < 4.78 is 0. The van der Waals surface area contributed by atoms with Crippen molar-refractivity contribution in [3.63, 3.8) is 0 Å². The summed E-state index contributed by atoms with van der Waals surface area (Å²) in [6.07, 6.45) is 2.90. The molecule has 1 rings (SSSR count). The van der Waals surface area contributed by atoms with E-state index in [1.165, 1.54) is 0 Å². The van der Waals surface area contributed by atoms with Crippen LogP contribution in [0, 0.1) is 6.92 Å². The fourth-order valence-electron chi connectivity index (χ4n) is 1.61. The smallest absolute Gasteiger partial charge is 0.148 e. The lowest BCUT2D eigenvalue weighted by Gasteiger charge is -2.17. The Morgan fingerprint density at radius 3 is 2.69 bits per heavy atom. The SMILES string of the molecule is CCN(CC)CCCNc1cc(C)cnn1. The van der Waals surface area contributed by atoms with Gasteiger partial charge >= 0.3 is 0 Å². The standard InChI is InChI=1S/C12H22N4/c1-4-16(5-2)8-6-7-13-12-9-11(3)10-14-15-12/h9-10H,4-8H2,1-3H3,(H,13,15). The van der Waals surface area contributed by atoms with E-state index < -0.39 is 0 Å².